The molecule has 4 N–H and O–H groups in total. The van der Waals surface area contributed by atoms with Gasteiger partial charge in [-0.25, -0.2) is 0 Å². The molecule has 0 unspecified atom stereocenters. The van der Waals surface area contributed by atoms with Crippen molar-refractivity contribution >= 4 is 47.4 Å². The van der Waals surface area contributed by atoms with E-state index in [0.717, 1.165) is 0 Å². The molecule has 12 heavy (non-hydrogen) atoms. The largest absolute Gasteiger partial charge is 0.481 e. The Hall–Kier alpha value is -0.0438. The summed E-state index contributed by atoms with van der Waals surface area (Å²) in [5, 5.41) is 16.3. The van der Waals surface area contributed by atoms with E-state index in [1.807, 2.05) is 0 Å². The zero-order chi connectivity index (χ0) is 8.15. The van der Waals surface area contributed by atoms with E-state index in [4.69, 9.17) is 15.9 Å². The van der Waals surface area contributed by atoms with Crippen molar-refractivity contribution < 1.29 is 19.8 Å². The summed E-state index contributed by atoms with van der Waals surface area (Å²) in [6, 6.07) is -1.06. The minimum atomic E-state index is -1.17. The number of nitrogens with two attached hydrogens (primary N) is 1. The Bertz CT molecular complexity index is 154. The summed E-state index contributed by atoms with van der Waals surface area (Å²) in [7, 11) is 0. The second-order valence-electron chi connectivity index (χ2n) is 1.88. The van der Waals surface area contributed by atoms with Crippen molar-refractivity contribution in [2.45, 2.75) is 18.9 Å². The van der Waals surface area contributed by atoms with Crippen LogP contribution in [0.15, 0.2) is 0 Å². The van der Waals surface area contributed by atoms with Crippen LogP contribution in [0.5, 0.6) is 0 Å². The van der Waals surface area contributed by atoms with Crippen molar-refractivity contribution in [2.75, 3.05) is 0 Å². The molecule has 0 rings (SSSR count). The van der Waals surface area contributed by atoms with Crippen molar-refractivity contribution in [3.8, 4) is 0 Å². The van der Waals surface area contributed by atoms with E-state index >= 15 is 0 Å². The molecule has 0 fully saturated rings. The van der Waals surface area contributed by atoms with Gasteiger partial charge in [0, 0.05) is 6.42 Å². The molecular weight excluding hydrogens is 198 g/mol. The zero-order valence-electron chi connectivity index (χ0n) is 5.69. The number of carbonyl (C=O) groups is 2. The van der Waals surface area contributed by atoms with Gasteiger partial charge < -0.3 is 15.9 Å². The molecular formula is C5H12ClMgNO4. The Balaban J connectivity index is -0.000000405. The standard InChI is InChI=1S/C5H9NO4.ClH.Mg.2H/c6-3(5(9)10)1-2-4(7)8;;;;/h3H,1-2,6H2,(H,7,8)(H,9,10);1H;;;/t3-;;;;/m1..../s1. The molecule has 5 nitrogen and oxygen atoms in total. The molecule has 0 aromatic heterocycles. The van der Waals surface area contributed by atoms with E-state index in [-0.39, 0.29) is 48.3 Å². The normalized spacial score (nSPS) is 10.4. The van der Waals surface area contributed by atoms with Crippen LogP contribution >= 0.6 is 12.4 Å². The molecule has 0 saturated carbocycles. The molecule has 0 radical (unpaired) electrons. The van der Waals surface area contributed by atoms with Crippen LogP contribution in [0.25, 0.3) is 0 Å². The van der Waals surface area contributed by atoms with Gasteiger partial charge in [-0.2, -0.15) is 0 Å². The van der Waals surface area contributed by atoms with Gasteiger partial charge in [-0.05, 0) is 6.42 Å². The average molecular weight is 210 g/mol. The van der Waals surface area contributed by atoms with Crippen LogP contribution in [0.4, 0.5) is 0 Å². The molecule has 0 aliphatic rings. The molecule has 1 atom stereocenters. The Kier molecular flexibility index (Phi) is 13.5. The highest BCUT2D eigenvalue weighted by Gasteiger charge is 2.12. The Morgan fingerprint density at radius 1 is 1.33 bits per heavy atom. The molecule has 0 amide bonds. The van der Waals surface area contributed by atoms with E-state index in [2.05, 4.69) is 0 Å². The monoisotopic (exact) mass is 209 g/mol. The van der Waals surface area contributed by atoms with Gasteiger partial charge in [0.25, 0.3) is 0 Å². The third kappa shape index (κ3) is 9.96. The maximum absolute atomic E-state index is 9.99. The van der Waals surface area contributed by atoms with Crippen LogP contribution in [0.1, 0.15) is 12.8 Å². The zero-order valence-corrected chi connectivity index (χ0v) is 6.50. The predicted molar refractivity (Wildman–Crippen MR) is 48.3 cm³/mol. The maximum Gasteiger partial charge on any atom is 0.320 e. The molecule has 0 aromatic carbocycles. The second kappa shape index (κ2) is 9.05. The van der Waals surface area contributed by atoms with Crippen molar-refractivity contribution in [3.63, 3.8) is 0 Å². The summed E-state index contributed by atoms with van der Waals surface area (Å²) < 4.78 is 0. The SMILES string of the molecule is Cl.N[C@H](CCC(=O)O)C(=O)O.[MgH2]. The fraction of sp³-hybridized carbons (Fsp3) is 0.600. The lowest BCUT2D eigenvalue weighted by molar-refractivity contribution is -0.139. The molecule has 0 heterocycles. The molecule has 0 aromatic rings. The van der Waals surface area contributed by atoms with E-state index in [1.165, 1.54) is 0 Å². The second-order valence-corrected chi connectivity index (χ2v) is 1.88. The van der Waals surface area contributed by atoms with Crippen molar-refractivity contribution in [1.82, 2.24) is 0 Å². The highest BCUT2D eigenvalue weighted by molar-refractivity contribution is 5.85. The van der Waals surface area contributed by atoms with Gasteiger partial charge in [0.05, 0.1) is 0 Å². The highest BCUT2D eigenvalue weighted by atomic mass is 35.5. The van der Waals surface area contributed by atoms with Crippen LogP contribution in [-0.4, -0.2) is 51.2 Å². The van der Waals surface area contributed by atoms with Crippen LogP contribution in [0.3, 0.4) is 0 Å². The summed E-state index contributed by atoms with van der Waals surface area (Å²) in [4.78, 5) is 19.9. The summed E-state index contributed by atoms with van der Waals surface area (Å²) in [6.07, 6.45) is -0.224. The van der Waals surface area contributed by atoms with Crippen molar-refractivity contribution in [3.05, 3.63) is 0 Å². The van der Waals surface area contributed by atoms with Gasteiger partial charge in [0.2, 0.25) is 0 Å². The molecule has 0 aliphatic carbocycles. The van der Waals surface area contributed by atoms with Crippen LogP contribution in [-0.2, 0) is 9.59 Å². The summed E-state index contributed by atoms with van der Waals surface area (Å²) in [6.45, 7) is 0. The van der Waals surface area contributed by atoms with E-state index in [9.17, 15) is 9.59 Å². The molecule has 7 heteroatoms. The maximum atomic E-state index is 9.99. The third-order valence-electron chi connectivity index (χ3n) is 0.986. The van der Waals surface area contributed by atoms with Crippen molar-refractivity contribution in [2.24, 2.45) is 5.73 Å². The fourth-order valence-corrected chi connectivity index (χ4v) is 0.402. The first-order chi connectivity index (χ1) is 4.54. The van der Waals surface area contributed by atoms with Crippen molar-refractivity contribution in [1.29, 1.82) is 0 Å². The van der Waals surface area contributed by atoms with Crippen LogP contribution in [0.2, 0.25) is 0 Å². The number of aliphatic carboxylic acids is 2. The topological polar surface area (TPSA) is 101 Å². The molecule has 0 bridgehead atoms. The lowest BCUT2D eigenvalue weighted by Gasteiger charge is -2.01. The Morgan fingerprint density at radius 2 is 1.75 bits per heavy atom. The van der Waals surface area contributed by atoms with Gasteiger partial charge >= 0.3 is 35.0 Å². The minimum Gasteiger partial charge on any atom is -0.481 e. The average Bonchev–Trinajstić information content (AvgIpc) is 1.82. The van der Waals surface area contributed by atoms with E-state index < -0.39 is 18.0 Å². The lowest BCUT2D eigenvalue weighted by Crippen LogP contribution is -2.30. The summed E-state index contributed by atoms with van der Waals surface area (Å²) >= 11 is 0. The number of rotatable bonds is 4. The predicted octanol–water partition coefficient (Wildman–Crippen LogP) is -1.23. The fourth-order valence-electron chi connectivity index (χ4n) is 0.402. The van der Waals surface area contributed by atoms with Gasteiger partial charge in [-0.3, -0.25) is 9.59 Å². The first kappa shape index (κ1) is 17.9. The number of halogens is 1. The van der Waals surface area contributed by atoms with Crippen LogP contribution in [0, 0.1) is 0 Å². The summed E-state index contributed by atoms with van der Waals surface area (Å²) in [5.74, 6) is -2.20. The quantitative estimate of drug-likeness (QED) is 0.504. The molecule has 0 aliphatic heterocycles. The Morgan fingerprint density at radius 3 is 2.00 bits per heavy atom. The lowest BCUT2D eigenvalue weighted by atomic mass is 10.2. The van der Waals surface area contributed by atoms with Gasteiger partial charge in [0.1, 0.15) is 6.04 Å². The summed E-state index contributed by atoms with van der Waals surface area (Å²) in [5.41, 5.74) is 5.00. The highest BCUT2D eigenvalue weighted by Crippen LogP contribution is 1.93. The van der Waals surface area contributed by atoms with E-state index in [0.29, 0.717) is 0 Å². The first-order valence-electron chi connectivity index (χ1n) is 2.74. The van der Waals surface area contributed by atoms with Gasteiger partial charge in [-0.1, -0.05) is 0 Å². The third-order valence-corrected chi connectivity index (χ3v) is 0.986. The van der Waals surface area contributed by atoms with Gasteiger partial charge in [0.15, 0.2) is 0 Å². The Labute approximate surface area is 91.9 Å². The number of carboxylic acids is 2. The van der Waals surface area contributed by atoms with Crippen LogP contribution < -0.4 is 5.73 Å². The molecule has 0 saturated heterocycles. The van der Waals surface area contributed by atoms with Gasteiger partial charge in [-0.15, -0.1) is 12.4 Å². The smallest absolute Gasteiger partial charge is 0.320 e. The number of hydrogen-bond donors (Lipinski definition) is 3. The molecule has 0 spiro atoms. The minimum absolute atomic E-state index is 0. The first-order valence-corrected chi connectivity index (χ1v) is 2.74. The number of hydrogen-bond acceptors (Lipinski definition) is 3. The molecule has 70 valence electrons. The van der Waals surface area contributed by atoms with E-state index in [1.54, 1.807) is 0 Å². The number of carboxylic acid groups (broad SMARTS) is 2.